The second-order valence-corrected chi connectivity index (χ2v) is 10.4. The van der Waals surface area contributed by atoms with E-state index < -0.39 is 12.3 Å². The third-order valence-corrected chi connectivity index (χ3v) is 9.29. The van der Waals surface area contributed by atoms with E-state index in [0.717, 1.165) is 0 Å². The van der Waals surface area contributed by atoms with Gasteiger partial charge in [0.15, 0.2) is 0 Å². The van der Waals surface area contributed by atoms with Gasteiger partial charge in [-0.3, -0.25) is 4.79 Å². The summed E-state index contributed by atoms with van der Waals surface area (Å²) >= 11 is 0. The standard InChI is InChI=1S/C24H25OP/c1-20(25)24(2,3)19-26(21-13-7-4-8-14-21,22-15-9-5-10-16-22)23-17-11-6-12-18-23/h4-19H,1-3H3. The van der Waals surface area contributed by atoms with Crippen LogP contribution in [0, 0.1) is 5.41 Å². The molecule has 0 unspecified atom stereocenters. The maximum absolute atomic E-state index is 12.4. The van der Waals surface area contributed by atoms with E-state index in [4.69, 9.17) is 0 Å². The molecule has 0 bridgehead atoms. The highest BCUT2D eigenvalue weighted by atomic mass is 31.2. The molecule has 0 aliphatic rings. The van der Waals surface area contributed by atoms with Crippen molar-refractivity contribution < 1.29 is 4.79 Å². The van der Waals surface area contributed by atoms with Gasteiger partial charge in [-0.05, 0) is 43.6 Å². The predicted octanol–water partition coefficient (Wildman–Crippen LogP) is 4.40. The van der Waals surface area contributed by atoms with Gasteiger partial charge in [-0.15, -0.1) is 0 Å². The Morgan fingerprint density at radius 3 is 1.27 bits per heavy atom. The minimum atomic E-state index is -2.07. The summed E-state index contributed by atoms with van der Waals surface area (Å²) in [5, 5.41) is 3.81. The van der Waals surface area contributed by atoms with Crippen molar-refractivity contribution in [3.63, 3.8) is 0 Å². The molecule has 0 spiro atoms. The van der Waals surface area contributed by atoms with Crippen molar-refractivity contribution in [2.45, 2.75) is 20.8 Å². The molecular formula is C24H25OP. The Hall–Kier alpha value is -2.37. The van der Waals surface area contributed by atoms with Gasteiger partial charge in [-0.2, -0.15) is 0 Å². The maximum Gasteiger partial charge on any atom is 0.139 e. The van der Waals surface area contributed by atoms with Crippen LogP contribution < -0.4 is 15.9 Å². The lowest BCUT2D eigenvalue weighted by molar-refractivity contribution is -0.121. The predicted molar refractivity (Wildman–Crippen MR) is 116 cm³/mol. The number of ketones is 1. The third-order valence-electron chi connectivity index (χ3n) is 4.91. The number of hydrogen-bond donors (Lipinski definition) is 0. The van der Waals surface area contributed by atoms with Crippen molar-refractivity contribution in [2.24, 2.45) is 5.41 Å². The zero-order valence-electron chi connectivity index (χ0n) is 15.6. The molecule has 1 nitrogen and oxygen atoms in total. The zero-order valence-corrected chi connectivity index (χ0v) is 16.5. The Balaban J connectivity index is 2.48. The lowest BCUT2D eigenvalue weighted by Gasteiger charge is -2.32. The zero-order chi connectivity index (χ0) is 18.6. The van der Waals surface area contributed by atoms with Crippen LogP contribution in [0.1, 0.15) is 20.8 Å². The van der Waals surface area contributed by atoms with Crippen LogP contribution in [-0.2, 0) is 4.79 Å². The molecule has 0 aromatic heterocycles. The normalized spacial score (nSPS) is 11.8. The van der Waals surface area contributed by atoms with Crippen LogP contribution in [0.2, 0.25) is 0 Å². The minimum absolute atomic E-state index is 0.185. The number of hydrogen-bond acceptors (Lipinski definition) is 1. The van der Waals surface area contributed by atoms with Crippen LogP contribution in [0.3, 0.4) is 0 Å². The summed E-state index contributed by atoms with van der Waals surface area (Å²) in [5.41, 5.74) is -0.519. The molecule has 0 amide bonds. The Labute approximate surface area is 156 Å². The minimum Gasteiger partial charge on any atom is -0.299 e. The van der Waals surface area contributed by atoms with Crippen molar-refractivity contribution in [1.82, 2.24) is 0 Å². The van der Waals surface area contributed by atoms with Gasteiger partial charge in [0, 0.05) is 5.41 Å². The summed E-state index contributed by atoms with van der Waals surface area (Å²) in [5.74, 6) is 2.51. The first kappa shape index (κ1) is 18.4. The number of carbonyl (C=O) groups excluding carboxylic acids is 1. The van der Waals surface area contributed by atoms with Crippen LogP contribution in [0.15, 0.2) is 91.0 Å². The summed E-state index contributed by atoms with van der Waals surface area (Å²) in [6.45, 7) is 3.67. The summed E-state index contributed by atoms with van der Waals surface area (Å²) in [7, 11) is 0. The van der Waals surface area contributed by atoms with E-state index in [1.54, 1.807) is 6.92 Å². The molecule has 3 rings (SSSR count). The second-order valence-electron chi connectivity index (χ2n) is 7.14. The lowest BCUT2D eigenvalue weighted by atomic mass is 9.92. The van der Waals surface area contributed by atoms with E-state index in [0.29, 0.717) is 0 Å². The molecule has 3 aromatic carbocycles. The van der Waals surface area contributed by atoms with Gasteiger partial charge >= 0.3 is 0 Å². The average molecular weight is 360 g/mol. The first-order chi connectivity index (χ1) is 12.5. The molecule has 0 radical (unpaired) electrons. The number of carbonyl (C=O) groups is 1. The van der Waals surface area contributed by atoms with Gasteiger partial charge in [0.2, 0.25) is 0 Å². The monoisotopic (exact) mass is 360 g/mol. The van der Waals surface area contributed by atoms with Crippen molar-refractivity contribution in [1.29, 1.82) is 0 Å². The van der Waals surface area contributed by atoms with Gasteiger partial charge in [0.05, 0.1) is 0 Å². The molecule has 0 heterocycles. The molecule has 0 aliphatic heterocycles. The van der Waals surface area contributed by atoms with Gasteiger partial charge in [-0.1, -0.05) is 96.8 Å². The summed E-state index contributed by atoms with van der Waals surface area (Å²) in [6, 6.07) is 31.8. The molecule has 0 saturated carbocycles. The van der Waals surface area contributed by atoms with Crippen LogP contribution in [0.25, 0.3) is 0 Å². The highest BCUT2D eigenvalue weighted by molar-refractivity contribution is 7.94. The molecular weight excluding hydrogens is 335 g/mol. The van der Waals surface area contributed by atoms with Gasteiger partial charge in [0.1, 0.15) is 5.78 Å². The molecule has 0 aliphatic carbocycles. The fraction of sp³-hybridized carbons (Fsp3) is 0.167. The summed E-state index contributed by atoms with van der Waals surface area (Å²) in [4.78, 5) is 12.4. The SMILES string of the molecule is CC(=O)C(C)(C)C=P(c1ccccc1)(c1ccccc1)c1ccccc1. The summed E-state index contributed by atoms with van der Waals surface area (Å²) < 4.78 is 0. The molecule has 2 heteroatoms. The second kappa shape index (κ2) is 7.48. The molecule has 0 N–H and O–H groups in total. The topological polar surface area (TPSA) is 17.1 Å². The Morgan fingerprint density at radius 1 is 0.692 bits per heavy atom. The molecule has 0 saturated heterocycles. The lowest BCUT2D eigenvalue weighted by Crippen LogP contribution is -2.33. The summed E-state index contributed by atoms with van der Waals surface area (Å²) in [6.07, 6.45) is 0. The number of rotatable bonds is 5. The molecule has 0 fully saturated rings. The van der Waals surface area contributed by atoms with E-state index >= 15 is 0 Å². The first-order valence-corrected chi connectivity index (χ1v) is 10.8. The van der Waals surface area contributed by atoms with E-state index in [1.165, 1.54) is 15.9 Å². The van der Waals surface area contributed by atoms with E-state index in [2.05, 4.69) is 78.6 Å². The van der Waals surface area contributed by atoms with Crippen molar-refractivity contribution >= 4 is 34.4 Å². The Morgan fingerprint density at radius 2 is 1.00 bits per heavy atom. The maximum atomic E-state index is 12.4. The smallest absolute Gasteiger partial charge is 0.139 e. The molecule has 3 aromatic rings. The van der Waals surface area contributed by atoms with E-state index in [-0.39, 0.29) is 5.78 Å². The molecule has 0 atom stereocenters. The van der Waals surface area contributed by atoms with Gasteiger partial charge in [-0.25, -0.2) is 0 Å². The quantitative estimate of drug-likeness (QED) is 0.617. The first-order valence-electron chi connectivity index (χ1n) is 8.90. The van der Waals surface area contributed by atoms with Crippen LogP contribution in [0.5, 0.6) is 0 Å². The highest BCUT2D eigenvalue weighted by Gasteiger charge is 2.31. The largest absolute Gasteiger partial charge is 0.299 e. The fourth-order valence-corrected chi connectivity index (χ4v) is 7.65. The highest BCUT2D eigenvalue weighted by Crippen LogP contribution is 2.46. The van der Waals surface area contributed by atoms with E-state index in [1.807, 2.05) is 32.0 Å². The van der Waals surface area contributed by atoms with Crippen molar-refractivity contribution in [3.05, 3.63) is 91.0 Å². The Kier molecular flexibility index (Phi) is 5.30. The van der Waals surface area contributed by atoms with Crippen molar-refractivity contribution in [2.75, 3.05) is 0 Å². The van der Waals surface area contributed by atoms with Crippen LogP contribution in [0.4, 0.5) is 0 Å². The van der Waals surface area contributed by atoms with Crippen LogP contribution >= 0.6 is 6.89 Å². The third kappa shape index (κ3) is 3.45. The van der Waals surface area contributed by atoms with Crippen molar-refractivity contribution in [3.8, 4) is 0 Å². The van der Waals surface area contributed by atoms with E-state index in [9.17, 15) is 4.79 Å². The van der Waals surface area contributed by atoms with Gasteiger partial charge < -0.3 is 0 Å². The average Bonchev–Trinajstić information content (AvgIpc) is 2.68. The number of Topliss-reactive ketones (excluding diaryl/α,β-unsaturated/α-hetero) is 1. The Bertz CT molecular complexity index is 822. The van der Waals surface area contributed by atoms with Crippen LogP contribution in [-0.4, -0.2) is 11.6 Å². The fourth-order valence-electron chi connectivity index (χ4n) is 3.24. The van der Waals surface area contributed by atoms with Gasteiger partial charge in [0.25, 0.3) is 0 Å². The number of benzene rings is 3. The molecule has 132 valence electrons. The molecule has 26 heavy (non-hydrogen) atoms.